The third kappa shape index (κ3) is 7.33. The van der Waals surface area contributed by atoms with E-state index in [1.165, 1.54) is 0 Å². The van der Waals surface area contributed by atoms with Crippen LogP contribution in [-0.4, -0.2) is 18.9 Å². The van der Waals surface area contributed by atoms with Crippen molar-refractivity contribution in [3.63, 3.8) is 0 Å². The van der Waals surface area contributed by atoms with E-state index in [4.69, 9.17) is 9.47 Å². The lowest BCUT2D eigenvalue weighted by molar-refractivity contribution is 0.309. The van der Waals surface area contributed by atoms with Gasteiger partial charge in [0.05, 0.1) is 24.6 Å². The van der Waals surface area contributed by atoms with Crippen LogP contribution >= 0.6 is 0 Å². The first-order chi connectivity index (χ1) is 13.3. The lowest BCUT2D eigenvalue weighted by Gasteiger charge is -2.09. The Labute approximate surface area is 163 Å². The van der Waals surface area contributed by atoms with Crippen LogP contribution in [0, 0.1) is 0 Å². The first-order valence-electron chi connectivity index (χ1n) is 10.1. The molecule has 27 heavy (non-hydrogen) atoms. The summed E-state index contributed by atoms with van der Waals surface area (Å²) in [6.45, 7) is 7.96. The second-order valence-electron chi connectivity index (χ2n) is 6.48. The number of hydrogen-bond donors (Lipinski definition) is 1. The fourth-order valence-electron chi connectivity index (χ4n) is 2.52. The average Bonchev–Trinajstić information content (AvgIpc) is 2.71. The Hall–Kier alpha value is -2.49. The van der Waals surface area contributed by atoms with Crippen molar-refractivity contribution in [1.82, 2.24) is 0 Å². The molecule has 0 aliphatic rings. The van der Waals surface area contributed by atoms with Gasteiger partial charge in [-0.3, -0.25) is 5.43 Å². The zero-order chi connectivity index (χ0) is 19.3. The van der Waals surface area contributed by atoms with E-state index in [1.807, 2.05) is 36.4 Å². The second kappa shape index (κ2) is 12.0. The Kier molecular flexibility index (Phi) is 9.25. The first-order valence-corrected chi connectivity index (χ1v) is 10.1. The molecule has 2 rings (SSSR count). The van der Waals surface area contributed by atoms with E-state index in [0.29, 0.717) is 0 Å². The molecule has 0 unspecified atom stereocenters. The topological polar surface area (TPSA) is 42.8 Å². The van der Waals surface area contributed by atoms with Crippen molar-refractivity contribution >= 4 is 11.4 Å². The zero-order valence-electron chi connectivity index (χ0n) is 16.8. The van der Waals surface area contributed by atoms with Crippen molar-refractivity contribution in [2.24, 2.45) is 5.10 Å². The van der Waals surface area contributed by atoms with Gasteiger partial charge in [0.2, 0.25) is 0 Å². The highest BCUT2D eigenvalue weighted by Crippen LogP contribution is 2.18. The summed E-state index contributed by atoms with van der Waals surface area (Å²) in [6.07, 6.45) is 5.28. The number of benzene rings is 2. The van der Waals surface area contributed by atoms with Crippen LogP contribution in [0.2, 0.25) is 0 Å². The highest BCUT2D eigenvalue weighted by Gasteiger charge is 2.03. The highest BCUT2D eigenvalue weighted by atomic mass is 16.5. The minimum Gasteiger partial charge on any atom is -0.494 e. The number of anilines is 1. The van der Waals surface area contributed by atoms with E-state index < -0.39 is 0 Å². The van der Waals surface area contributed by atoms with Crippen LogP contribution in [0.4, 0.5) is 5.69 Å². The lowest BCUT2D eigenvalue weighted by Crippen LogP contribution is -2.04. The molecule has 2 aromatic rings. The van der Waals surface area contributed by atoms with Crippen molar-refractivity contribution < 1.29 is 9.47 Å². The molecule has 4 heteroatoms. The molecular formula is C23H32N2O2. The Morgan fingerprint density at radius 2 is 1.30 bits per heavy atom. The molecule has 0 amide bonds. The van der Waals surface area contributed by atoms with Gasteiger partial charge in [-0.2, -0.15) is 5.10 Å². The molecule has 146 valence electrons. The molecule has 0 bridgehead atoms. The van der Waals surface area contributed by atoms with E-state index in [-0.39, 0.29) is 0 Å². The van der Waals surface area contributed by atoms with Crippen LogP contribution in [0.15, 0.2) is 53.6 Å². The second-order valence-corrected chi connectivity index (χ2v) is 6.48. The molecule has 2 aromatic carbocycles. The van der Waals surface area contributed by atoms with Gasteiger partial charge < -0.3 is 9.47 Å². The first kappa shape index (κ1) is 20.8. The predicted molar refractivity (Wildman–Crippen MR) is 114 cm³/mol. The maximum Gasteiger partial charge on any atom is 0.119 e. The molecule has 0 radical (unpaired) electrons. The Morgan fingerprint density at radius 1 is 0.778 bits per heavy atom. The maximum absolute atomic E-state index is 5.72. The van der Waals surface area contributed by atoms with Crippen molar-refractivity contribution in [2.45, 2.75) is 52.9 Å². The number of ether oxygens (including phenoxy) is 2. The third-order valence-electron chi connectivity index (χ3n) is 4.23. The Balaban J connectivity index is 1.93. The van der Waals surface area contributed by atoms with Crippen molar-refractivity contribution in [3.05, 3.63) is 54.1 Å². The van der Waals surface area contributed by atoms with Crippen molar-refractivity contribution in [2.75, 3.05) is 18.6 Å². The van der Waals surface area contributed by atoms with E-state index in [1.54, 1.807) is 0 Å². The van der Waals surface area contributed by atoms with Crippen LogP contribution in [0.5, 0.6) is 11.5 Å². The molecule has 4 nitrogen and oxygen atoms in total. The van der Waals surface area contributed by atoms with Crippen LogP contribution < -0.4 is 14.9 Å². The zero-order valence-corrected chi connectivity index (χ0v) is 16.8. The summed E-state index contributed by atoms with van der Waals surface area (Å²) in [5.74, 6) is 1.81. The van der Waals surface area contributed by atoms with Crippen molar-refractivity contribution in [1.29, 1.82) is 0 Å². The quantitative estimate of drug-likeness (QED) is 0.273. The summed E-state index contributed by atoms with van der Waals surface area (Å²) in [7, 11) is 0. The summed E-state index contributed by atoms with van der Waals surface area (Å²) < 4.78 is 11.4. The number of nitrogens with one attached hydrogen (secondary N) is 1. The van der Waals surface area contributed by atoms with Crippen LogP contribution in [-0.2, 0) is 0 Å². The Morgan fingerprint density at radius 3 is 1.78 bits per heavy atom. The molecule has 0 aromatic heterocycles. The van der Waals surface area contributed by atoms with Crippen LogP contribution in [0.25, 0.3) is 0 Å². The minimum absolute atomic E-state index is 0.763. The molecule has 0 aliphatic heterocycles. The van der Waals surface area contributed by atoms with Gasteiger partial charge in [-0.1, -0.05) is 33.6 Å². The number of rotatable bonds is 12. The van der Waals surface area contributed by atoms with E-state index >= 15 is 0 Å². The van der Waals surface area contributed by atoms with Gasteiger partial charge >= 0.3 is 0 Å². The predicted octanol–water partition coefficient (Wildman–Crippen LogP) is 6.27. The fraction of sp³-hybridized carbons (Fsp3) is 0.435. The van der Waals surface area contributed by atoms with E-state index in [0.717, 1.165) is 73.8 Å². The third-order valence-corrected chi connectivity index (χ3v) is 4.23. The number of hydrogen-bond acceptors (Lipinski definition) is 4. The summed E-state index contributed by atoms with van der Waals surface area (Å²) in [5, 5.41) is 4.58. The summed E-state index contributed by atoms with van der Waals surface area (Å²) in [4.78, 5) is 0. The van der Waals surface area contributed by atoms with Crippen LogP contribution in [0.3, 0.4) is 0 Å². The molecule has 0 atom stereocenters. The average molecular weight is 369 g/mol. The largest absolute Gasteiger partial charge is 0.494 e. The molecule has 0 fully saturated rings. The number of hydrazone groups is 1. The fourth-order valence-corrected chi connectivity index (χ4v) is 2.52. The number of unbranched alkanes of at least 4 members (excludes halogenated alkanes) is 2. The minimum atomic E-state index is 0.763. The van der Waals surface area contributed by atoms with Gasteiger partial charge in [-0.25, -0.2) is 0 Å². The van der Waals surface area contributed by atoms with Gasteiger partial charge in [-0.05, 0) is 73.4 Å². The maximum atomic E-state index is 5.72. The van der Waals surface area contributed by atoms with Gasteiger partial charge in [0.25, 0.3) is 0 Å². The molecule has 0 heterocycles. The van der Waals surface area contributed by atoms with Crippen LogP contribution in [0.1, 0.15) is 58.4 Å². The summed E-state index contributed by atoms with van der Waals surface area (Å²) >= 11 is 0. The summed E-state index contributed by atoms with van der Waals surface area (Å²) in [5.41, 5.74) is 6.21. The molecule has 1 N–H and O–H groups in total. The molecule has 0 saturated carbocycles. The number of nitrogens with zero attached hydrogens (tertiary/aromatic N) is 1. The molecule has 0 spiro atoms. The van der Waals surface area contributed by atoms with Gasteiger partial charge in [0.1, 0.15) is 11.5 Å². The summed E-state index contributed by atoms with van der Waals surface area (Å²) in [6, 6.07) is 16.1. The van der Waals surface area contributed by atoms with E-state index in [2.05, 4.69) is 43.4 Å². The SMILES string of the molecule is CCCCOc1ccc(NN=C(CC)c2ccc(OCCCC)cc2)cc1. The van der Waals surface area contributed by atoms with Crippen molar-refractivity contribution in [3.8, 4) is 11.5 Å². The normalized spacial score (nSPS) is 11.3. The highest BCUT2D eigenvalue weighted by molar-refractivity contribution is 6.00. The lowest BCUT2D eigenvalue weighted by atomic mass is 10.1. The molecule has 0 saturated heterocycles. The molecular weight excluding hydrogens is 336 g/mol. The Bertz CT molecular complexity index is 679. The monoisotopic (exact) mass is 368 g/mol. The van der Waals surface area contributed by atoms with Gasteiger partial charge in [0, 0.05) is 0 Å². The van der Waals surface area contributed by atoms with Gasteiger partial charge in [0.15, 0.2) is 0 Å². The standard InChI is InChI=1S/C23H32N2O2/c1-4-7-17-26-21-13-9-19(10-14-21)23(6-3)25-24-20-11-15-22(16-12-20)27-18-8-5-2/h9-16,24H,4-8,17-18H2,1-3H3. The van der Waals surface area contributed by atoms with Gasteiger partial charge in [-0.15, -0.1) is 0 Å². The van der Waals surface area contributed by atoms with E-state index in [9.17, 15) is 0 Å². The smallest absolute Gasteiger partial charge is 0.119 e. The molecule has 0 aliphatic carbocycles.